The van der Waals surface area contributed by atoms with Gasteiger partial charge < -0.3 is 5.32 Å². The predicted octanol–water partition coefficient (Wildman–Crippen LogP) is 2.55. The van der Waals surface area contributed by atoms with E-state index in [9.17, 15) is 13.2 Å². The lowest BCUT2D eigenvalue weighted by Crippen LogP contribution is -2.46. The molecule has 1 atom stereocenters. The summed E-state index contributed by atoms with van der Waals surface area (Å²) in [4.78, 5) is 16.7. The van der Waals surface area contributed by atoms with Crippen molar-refractivity contribution in [1.29, 1.82) is 0 Å². The molecule has 1 amide bonds. The highest BCUT2D eigenvalue weighted by molar-refractivity contribution is 7.92. The molecule has 0 unspecified atom stereocenters. The van der Waals surface area contributed by atoms with E-state index < -0.39 is 27.0 Å². The van der Waals surface area contributed by atoms with Gasteiger partial charge in [-0.3, -0.25) is 4.79 Å². The number of hydrogen-bond donors (Lipinski definition) is 1. The number of aryl methyl sites for hydroxylation is 1. The van der Waals surface area contributed by atoms with Gasteiger partial charge in [-0.05, 0) is 33.1 Å². The maximum atomic E-state index is 12.3. The van der Waals surface area contributed by atoms with Crippen molar-refractivity contribution in [3.63, 3.8) is 0 Å². The highest BCUT2D eigenvalue weighted by Crippen LogP contribution is 2.28. The van der Waals surface area contributed by atoms with E-state index in [2.05, 4.69) is 10.3 Å². The van der Waals surface area contributed by atoms with Crippen LogP contribution in [0.3, 0.4) is 0 Å². The molecule has 2 rings (SSSR count). The summed E-state index contributed by atoms with van der Waals surface area (Å²) in [5.41, 5.74) is 0.300. The Morgan fingerprint density at radius 3 is 2.59 bits per heavy atom. The van der Waals surface area contributed by atoms with Gasteiger partial charge in [-0.1, -0.05) is 19.8 Å². The first kappa shape index (κ1) is 17.4. The quantitative estimate of drug-likeness (QED) is 0.860. The molecule has 1 aliphatic carbocycles. The first-order valence-electron chi connectivity index (χ1n) is 7.72. The van der Waals surface area contributed by atoms with Gasteiger partial charge in [0, 0.05) is 11.1 Å². The van der Waals surface area contributed by atoms with Crippen molar-refractivity contribution >= 4 is 27.1 Å². The summed E-state index contributed by atoms with van der Waals surface area (Å²) in [6.07, 6.45) is 3.92. The van der Waals surface area contributed by atoms with Gasteiger partial charge in [0.15, 0.2) is 9.84 Å². The van der Waals surface area contributed by atoms with Crippen molar-refractivity contribution < 1.29 is 13.2 Å². The number of thiazole rings is 1. The smallest absolute Gasteiger partial charge is 0.235 e. The van der Waals surface area contributed by atoms with Crippen LogP contribution in [0.5, 0.6) is 0 Å². The average Bonchev–Trinajstić information content (AvgIpc) is 3.08. The van der Waals surface area contributed by atoms with E-state index in [0.29, 0.717) is 19.3 Å². The van der Waals surface area contributed by atoms with E-state index in [1.165, 1.54) is 11.3 Å². The Labute approximate surface area is 136 Å². The zero-order valence-corrected chi connectivity index (χ0v) is 15.0. The number of carbonyl (C=O) groups is 1. The topological polar surface area (TPSA) is 76.1 Å². The Bertz CT molecular complexity index is 633. The molecule has 0 bridgehead atoms. The number of aromatic nitrogens is 1. The van der Waals surface area contributed by atoms with Gasteiger partial charge in [0.1, 0.15) is 10.8 Å². The van der Waals surface area contributed by atoms with Crippen molar-refractivity contribution in [2.45, 2.75) is 63.7 Å². The summed E-state index contributed by atoms with van der Waals surface area (Å²) >= 11 is 1.49. The molecule has 5 nitrogen and oxygen atoms in total. The van der Waals surface area contributed by atoms with Gasteiger partial charge in [0.2, 0.25) is 5.91 Å². The molecule has 1 heterocycles. The SMILES string of the molecule is CC[C@](C)(NC(=O)CS(=O)(=O)C1CCCC1)c1nc(C)cs1. The van der Waals surface area contributed by atoms with Crippen LogP contribution in [0.1, 0.15) is 56.7 Å². The normalized spacial score (nSPS) is 19.0. The van der Waals surface area contributed by atoms with E-state index in [1.807, 2.05) is 26.2 Å². The molecule has 1 N–H and O–H groups in total. The van der Waals surface area contributed by atoms with Gasteiger partial charge in [0.25, 0.3) is 0 Å². The Balaban J connectivity index is 2.06. The molecule has 1 aliphatic rings. The third-order valence-corrected chi connectivity index (χ3v) is 7.73. The molecule has 124 valence electrons. The summed E-state index contributed by atoms with van der Waals surface area (Å²) in [6.45, 7) is 5.76. The van der Waals surface area contributed by atoms with Crippen molar-refractivity contribution in [3.05, 3.63) is 16.1 Å². The molecule has 0 spiro atoms. The van der Waals surface area contributed by atoms with E-state index in [-0.39, 0.29) is 5.25 Å². The van der Waals surface area contributed by atoms with Crippen molar-refractivity contribution in [2.75, 3.05) is 5.75 Å². The van der Waals surface area contributed by atoms with E-state index in [0.717, 1.165) is 23.5 Å². The predicted molar refractivity (Wildman–Crippen MR) is 88.7 cm³/mol. The molecule has 1 aromatic rings. The number of sulfone groups is 1. The fraction of sp³-hybridized carbons (Fsp3) is 0.733. The Kier molecular flexibility index (Phi) is 5.27. The lowest BCUT2D eigenvalue weighted by Gasteiger charge is -2.27. The third-order valence-electron chi connectivity index (χ3n) is 4.36. The zero-order chi connectivity index (χ0) is 16.4. The zero-order valence-electron chi connectivity index (χ0n) is 13.4. The van der Waals surface area contributed by atoms with Gasteiger partial charge in [-0.15, -0.1) is 11.3 Å². The molecule has 0 radical (unpaired) electrons. The molecular formula is C15H24N2O3S2. The van der Waals surface area contributed by atoms with Crippen LogP contribution in [-0.2, 0) is 20.2 Å². The molecule has 0 saturated heterocycles. The number of hydrogen-bond acceptors (Lipinski definition) is 5. The monoisotopic (exact) mass is 344 g/mol. The maximum absolute atomic E-state index is 12.3. The second-order valence-corrected chi connectivity index (χ2v) is 9.38. The summed E-state index contributed by atoms with van der Waals surface area (Å²) in [5, 5.41) is 5.30. The number of nitrogens with one attached hydrogen (secondary N) is 1. The van der Waals surface area contributed by atoms with Crippen LogP contribution in [0.2, 0.25) is 0 Å². The van der Waals surface area contributed by atoms with Gasteiger partial charge >= 0.3 is 0 Å². The molecular weight excluding hydrogens is 320 g/mol. The summed E-state index contributed by atoms with van der Waals surface area (Å²) in [5.74, 6) is -0.846. The van der Waals surface area contributed by atoms with Gasteiger partial charge in [-0.2, -0.15) is 0 Å². The van der Waals surface area contributed by atoms with Crippen LogP contribution in [0, 0.1) is 6.92 Å². The van der Waals surface area contributed by atoms with Crippen molar-refractivity contribution in [1.82, 2.24) is 10.3 Å². The van der Waals surface area contributed by atoms with Crippen LogP contribution in [0.25, 0.3) is 0 Å². The number of rotatable bonds is 6. The van der Waals surface area contributed by atoms with Crippen molar-refractivity contribution in [2.24, 2.45) is 0 Å². The first-order chi connectivity index (χ1) is 10.3. The number of nitrogens with zero attached hydrogens (tertiary/aromatic N) is 1. The van der Waals surface area contributed by atoms with Crippen LogP contribution in [0.4, 0.5) is 0 Å². The molecule has 0 aromatic carbocycles. The highest BCUT2D eigenvalue weighted by Gasteiger charge is 2.34. The Morgan fingerprint density at radius 1 is 1.45 bits per heavy atom. The maximum Gasteiger partial charge on any atom is 0.235 e. The minimum atomic E-state index is -3.35. The third kappa shape index (κ3) is 3.87. The fourth-order valence-electron chi connectivity index (χ4n) is 2.79. The lowest BCUT2D eigenvalue weighted by atomic mass is 10.00. The fourth-order valence-corrected chi connectivity index (χ4v) is 5.50. The van der Waals surface area contributed by atoms with Crippen molar-refractivity contribution in [3.8, 4) is 0 Å². The summed E-state index contributed by atoms with van der Waals surface area (Å²) in [6, 6.07) is 0. The summed E-state index contributed by atoms with van der Waals surface area (Å²) < 4.78 is 24.6. The van der Waals surface area contributed by atoms with Crippen LogP contribution >= 0.6 is 11.3 Å². The van der Waals surface area contributed by atoms with E-state index >= 15 is 0 Å². The van der Waals surface area contributed by atoms with Crippen LogP contribution in [0.15, 0.2) is 5.38 Å². The van der Waals surface area contributed by atoms with E-state index in [1.54, 1.807) is 0 Å². The van der Waals surface area contributed by atoms with Gasteiger partial charge in [-0.25, -0.2) is 13.4 Å². The second kappa shape index (κ2) is 6.66. The lowest BCUT2D eigenvalue weighted by molar-refractivity contribution is -0.120. The van der Waals surface area contributed by atoms with Gasteiger partial charge in [0.05, 0.1) is 10.8 Å². The average molecular weight is 345 g/mol. The standard InChI is InChI=1S/C15H24N2O3S2/c1-4-15(3,14-16-11(2)9-21-14)17-13(18)10-22(19,20)12-7-5-6-8-12/h9,12H,4-8,10H2,1-3H3,(H,17,18)/t15-/m0/s1. The van der Waals surface area contributed by atoms with Crippen LogP contribution in [-0.4, -0.2) is 30.3 Å². The molecule has 22 heavy (non-hydrogen) atoms. The second-order valence-electron chi connectivity index (χ2n) is 6.24. The Hall–Kier alpha value is -0.950. The van der Waals surface area contributed by atoms with E-state index in [4.69, 9.17) is 0 Å². The molecule has 1 fully saturated rings. The summed E-state index contributed by atoms with van der Waals surface area (Å²) in [7, 11) is -3.35. The largest absolute Gasteiger partial charge is 0.344 e. The molecule has 1 aromatic heterocycles. The molecule has 0 aliphatic heterocycles. The minimum Gasteiger partial charge on any atom is -0.344 e. The minimum absolute atomic E-state index is 0.340. The first-order valence-corrected chi connectivity index (χ1v) is 10.3. The molecule has 7 heteroatoms. The molecule has 1 saturated carbocycles. The number of carbonyl (C=O) groups excluding carboxylic acids is 1. The van der Waals surface area contributed by atoms with Crippen LogP contribution < -0.4 is 5.32 Å². The highest BCUT2D eigenvalue weighted by atomic mass is 32.2. The Morgan fingerprint density at radius 2 is 2.09 bits per heavy atom. The number of amides is 1.